The van der Waals surface area contributed by atoms with Gasteiger partial charge >= 0.3 is 0 Å². The zero-order valence-corrected chi connectivity index (χ0v) is 9.20. The van der Waals surface area contributed by atoms with Crippen molar-refractivity contribution in [2.45, 2.75) is 38.8 Å². The van der Waals surface area contributed by atoms with E-state index in [-0.39, 0.29) is 0 Å². The third-order valence-electron chi connectivity index (χ3n) is 2.42. The fourth-order valence-electron chi connectivity index (χ4n) is 1.36. The van der Waals surface area contributed by atoms with Gasteiger partial charge in [0.2, 0.25) is 5.88 Å². The van der Waals surface area contributed by atoms with Crippen molar-refractivity contribution in [3.05, 3.63) is 23.9 Å². The maximum Gasteiger partial charge on any atom is 0.213 e. The van der Waals surface area contributed by atoms with Crippen LogP contribution in [0.1, 0.15) is 31.7 Å². The minimum atomic E-state index is 0.729. The zero-order valence-electron chi connectivity index (χ0n) is 9.20. The Bertz CT molecular complexity index is 293. The van der Waals surface area contributed by atoms with Gasteiger partial charge in [0.25, 0.3) is 0 Å². The van der Waals surface area contributed by atoms with E-state index in [0.29, 0.717) is 0 Å². The highest BCUT2D eigenvalue weighted by atomic mass is 16.5. The monoisotopic (exact) mass is 206 g/mol. The molecule has 1 heterocycles. The molecule has 3 heteroatoms. The predicted octanol–water partition coefficient (Wildman–Crippen LogP) is 2.12. The molecule has 1 saturated carbocycles. The molecule has 0 bridgehead atoms. The summed E-state index contributed by atoms with van der Waals surface area (Å²) in [6, 6.07) is 4.77. The van der Waals surface area contributed by atoms with Crippen molar-refractivity contribution < 1.29 is 4.74 Å². The molecule has 1 aromatic heterocycles. The van der Waals surface area contributed by atoms with E-state index in [9.17, 15) is 0 Å². The minimum Gasteiger partial charge on any atom is -0.478 e. The van der Waals surface area contributed by atoms with E-state index in [1.807, 2.05) is 12.3 Å². The first-order valence-corrected chi connectivity index (χ1v) is 5.69. The summed E-state index contributed by atoms with van der Waals surface area (Å²) in [5.74, 6) is 0.729. The van der Waals surface area contributed by atoms with Crippen LogP contribution in [0.3, 0.4) is 0 Å². The second-order valence-electron chi connectivity index (χ2n) is 4.01. The van der Waals surface area contributed by atoms with Crippen molar-refractivity contribution in [1.82, 2.24) is 10.3 Å². The van der Waals surface area contributed by atoms with Crippen LogP contribution in [0.15, 0.2) is 18.3 Å². The van der Waals surface area contributed by atoms with Gasteiger partial charge in [-0.3, -0.25) is 0 Å². The SMILES string of the molecule is CCCOc1ccc(CNC2CC2)cn1. The van der Waals surface area contributed by atoms with Gasteiger partial charge in [-0.25, -0.2) is 4.98 Å². The van der Waals surface area contributed by atoms with Crippen molar-refractivity contribution in [1.29, 1.82) is 0 Å². The molecule has 0 aromatic carbocycles. The third kappa shape index (κ3) is 3.51. The lowest BCUT2D eigenvalue weighted by Crippen LogP contribution is -2.15. The fraction of sp³-hybridized carbons (Fsp3) is 0.583. The van der Waals surface area contributed by atoms with E-state index in [4.69, 9.17) is 4.74 Å². The van der Waals surface area contributed by atoms with Crippen molar-refractivity contribution in [3.8, 4) is 5.88 Å². The highest BCUT2D eigenvalue weighted by Crippen LogP contribution is 2.19. The fourth-order valence-corrected chi connectivity index (χ4v) is 1.36. The van der Waals surface area contributed by atoms with E-state index in [1.54, 1.807) is 0 Å². The molecule has 0 atom stereocenters. The van der Waals surface area contributed by atoms with Crippen LogP contribution in [-0.4, -0.2) is 17.6 Å². The Morgan fingerprint density at radius 2 is 2.33 bits per heavy atom. The molecule has 0 radical (unpaired) electrons. The van der Waals surface area contributed by atoms with E-state index < -0.39 is 0 Å². The Morgan fingerprint density at radius 1 is 1.47 bits per heavy atom. The van der Waals surface area contributed by atoms with Crippen molar-refractivity contribution in [2.24, 2.45) is 0 Å². The molecule has 1 N–H and O–H groups in total. The number of hydrogen-bond donors (Lipinski definition) is 1. The van der Waals surface area contributed by atoms with Gasteiger partial charge in [0.05, 0.1) is 6.61 Å². The van der Waals surface area contributed by atoms with Gasteiger partial charge in [-0.15, -0.1) is 0 Å². The summed E-state index contributed by atoms with van der Waals surface area (Å²) in [6.45, 7) is 3.76. The van der Waals surface area contributed by atoms with Crippen LogP contribution in [0.5, 0.6) is 5.88 Å². The molecule has 0 amide bonds. The molecule has 0 spiro atoms. The van der Waals surface area contributed by atoms with Crippen LogP contribution in [0.25, 0.3) is 0 Å². The van der Waals surface area contributed by atoms with Crippen LogP contribution < -0.4 is 10.1 Å². The van der Waals surface area contributed by atoms with Crippen LogP contribution in [0.4, 0.5) is 0 Å². The second-order valence-corrected chi connectivity index (χ2v) is 4.01. The lowest BCUT2D eigenvalue weighted by atomic mass is 10.3. The molecule has 2 rings (SSSR count). The molecule has 82 valence electrons. The summed E-state index contributed by atoms with van der Waals surface area (Å²) in [7, 11) is 0. The molecule has 1 aliphatic carbocycles. The van der Waals surface area contributed by atoms with Gasteiger partial charge < -0.3 is 10.1 Å². The smallest absolute Gasteiger partial charge is 0.213 e. The Balaban J connectivity index is 1.79. The maximum atomic E-state index is 5.42. The molecule has 0 unspecified atom stereocenters. The predicted molar refractivity (Wildman–Crippen MR) is 59.9 cm³/mol. The van der Waals surface area contributed by atoms with E-state index >= 15 is 0 Å². The molecule has 0 aliphatic heterocycles. The summed E-state index contributed by atoms with van der Waals surface area (Å²) in [6.07, 6.45) is 5.56. The lowest BCUT2D eigenvalue weighted by Gasteiger charge is -2.05. The largest absolute Gasteiger partial charge is 0.478 e. The van der Waals surface area contributed by atoms with Gasteiger partial charge in [-0.2, -0.15) is 0 Å². The minimum absolute atomic E-state index is 0.729. The Labute approximate surface area is 90.9 Å². The molecule has 1 fully saturated rings. The summed E-state index contributed by atoms with van der Waals surface area (Å²) in [5.41, 5.74) is 1.23. The Kier molecular flexibility index (Phi) is 3.56. The quantitative estimate of drug-likeness (QED) is 0.774. The van der Waals surface area contributed by atoms with Gasteiger partial charge in [-0.05, 0) is 24.8 Å². The van der Waals surface area contributed by atoms with E-state index in [0.717, 1.165) is 31.5 Å². The standard InChI is InChI=1S/C12H18N2O/c1-2-7-15-12-6-3-10(9-14-12)8-13-11-4-5-11/h3,6,9,11,13H,2,4-5,7-8H2,1H3. The van der Waals surface area contributed by atoms with E-state index in [1.165, 1.54) is 18.4 Å². The number of hydrogen-bond acceptors (Lipinski definition) is 3. The zero-order chi connectivity index (χ0) is 10.5. The summed E-state index contributed by atoms with van der Waals surface area (Å²) >= 11 is 0. The molecule has 1 aromatic rings. The number of ether oxygens (including phenoxy) is 1. The molecular formula is C12H18N2O. The molecule has 15 heavy (non-hydrogen) atoms. The van der Waals surface area contributed by atoms with Crippen LogP contribution in [0.2, 0.25) is 0 Å². The highest BCUT2D eigenvalue weighted by Gasteiger charge is 2.19. The number of nitrogens with zero attached hydrogens (tertiary/aromatic N) is 1. The Morgan fingerprint density at radius 3 is 2.93 bits per heavy atom. The second kappa shape index (κ2) is 5.12. The molecule has 3 nitrogen and oxygen atoms in total. The van der Waals surface area contributed by atoms with E-state index in [2.05, 4.69) is 23.3 Å². The lowest BCUT2D eigenvalue weighted by molar-refractivity contribution is 0.305. The average molecular weight is 206 g/mol. The molecule has 0 saturated heterocycles. The normalized spacial score (nSPS) is 15.3. The molecular weight excluding hydrogens is 188 g/mol. The average Bonchev–Trinajstić information content (AvgIpc) is 3.09. The van der Waals surface area contributed by atoms with Gasteiger partial charge in [0, 0.05) is 24.8 Å². The van der Waals surface area contributed by atoms with Crippen LogP contribution in [0, 0.1) is 0 Å². The van der Waals surface area contributed by atoms with Crippen molar-refractivity contribution in [2.75, 3.05) is 6.61 Å². The highest BCUT2D eigenvalue weighted by molar-refractivity contribution is 5.17. The number of aromatic nitrogens is 1. The Hall–Kier alpha value is -1.09. The van der Waals surface area contributed by atoms with Gasteiger partial charge in [-0.1, -0.05) is 13.0 Å². The van der Waals surface area contributed by atoms with Crippen LogP contribution >= 0.6 is 0 Å². The number of pyridine rings is 1. The first kappa shape index (κ1) is 10.4. The maximum absolute atomic E-state index is 5.42. The van der Waals surface area contributed by atoms with Gasteiger partial charge in [0.1, 0.15) is 0 Å². The third-order valence-corrected chi connectivity index (χ3v) is 2.42. The summed E-state index contributed by atoms with van der Waals surface area (Å²) < 4.78 is 5.42. The van der Waals surface area contributed by atoms with Crippen LogP contribution in [-0.2, 0) is 6.54 Å². The summed E-state index contributed by atoms with van der Waals surface area (Å²) in [4.78, 5) is 4.25. The van der Waals surface area contributed by atoms with Gasteiger partial charge in [0.15, 0.2) is 0 Å². The molecule has 1 aliphatic rings. The van der Waals surface area contributed by atoms with Crippen molar-refractivity contribution >= 4 is 0 Å². The number of rotatable bonds is 6. The topological polar surface area (TPSA) is 34.1 Å². The van der Waals surface area contributed by atoms with Crippen molar-refractivity contribution in [3.63, 3.8) is 0 Å². The first-order chi connectivity index (χ1) is 7.38. The first-order valence-electron chi connectivity index (χ1n) is 5.69. The summed E-state index contributed by atoms with van der Waals surface area (Å²) in [5, 5.41) is 3.45. The number of nitrogens with one attached hydrogen (secondary N) is 1.